The molecule has 3 nitrogen and oxygen atoms in total. The molecule has 1 aromatic carbocycles. The Kier molecular flexibility index (Phi) is 3.59. The predicted molar refractivity (Wildman–Crippen MR) is 64.2 cm³/mol. The molecule has 0 saturated carbocycles. The lowest BCUT2D eigenvalue weighted by Crippen LogP contribution is -2.22. The van der Waals surface area contributed by atoms with Gasteiger partial charge < -0.3 is 14.8 Å². The highest BCUT2D eigenvalue weighted by Crippen LogP contribution is 2.18. The van der Waals surface area contributed by atoms with Gasteiger partial charge in [0.1, 0.15) is 11.3 Å². The fourth-order valence-corrected chi connectivity index (χ4v) is 1.63. The number of hydrogen-bond acceptors (Lipinski definition) is 3. The molecule has 86 valence electrons. The van der Waals surface area contributed by atoms with E-state index in [-0.39, 0.29) is 12.5 Å². The summed E-state index contributed by atoms with van der Waals surface area (Å²) in [6.45, 7) is 3.73. The molecule has 1 atom stereocenters. The summed E-state index contributed by atoms with van der Waals surface area (Å²) in [5.41, 5.74) is 0.925. The Morgan fingerprint density at radius 1 is 1.38 bits per heavy atom. The van der Waals surface area contributed by atoms with Crippen LogP contribution in [0.4, 0.5) is 0 Å². The van der Waals surface area contributed by atoms with Crippen LogP contribution in [0.3, 0.4) is 0 Å². The molecule has 0 saturated heterocycles. The van der Waals surface area contributed by atoms with Crippen LogP contribution in [0.15, 0.2) is 34.7 Å². The van der Waals surface area contributed by atoms with E-state index in [9.17, 15) is 0 Å². The van der Waals surface area contributed by atoms with Crippen LogP contribution in [-0.4, -0.2) is 18.3 Å². The van der Waals surface area contributed by atoms with E-state index in [1.165, 1.54) is 0 Å². The van der Waals surface area contributed by atoms with Gasteiger partial charge in [-0.1, -0.05) is 25.1 Å². The standard InChI is InChI=1S/C13H17NO2/c1-10(9-15)7-14-8-12-6-11-4-2-3-5-13(11)16-12/h2-6,10,14-15H,7-9H2,1H3. The second-order valence-electron chi connectivity index (χ2n) is 4.17. The average Bonchev–Trinajstić information content (AvgIpc) is 2.71. The van der Waals surface area contributed by atoms with Crippen LogP contribution in [-0.2, 0) is 6.54 Å². The van der Waals surface area contributed by atoms with Gasteiger partial charge in [-0.3, -0.25) is 0 Å². The van der Waals surface area contributed by atoms with Crippen molar-refractivity contribution in [1.29, 1.82) is 0 Å². The number of fused-ring (bicyclic) bond motifs is 1. The van der Waals surface area contributed by atoms with Crippen LogP contribution in [0, 0.1) is 5.92 Å². The van der Waals surface area contributed by atoms with Gasteiger partial charge in [0.25, 0.3) is 0 Å². The molecule has 2 N–H and O–H groups in total. The van der Waals surface area contributed by atoms with Crippen molar-refractivity contribution in [2.24, 2.45) is 5.92 Å². The monoisotopic (exact) mass is 219 g/mol. The Morgan fingerprint density at radius 2 is 2.19 bits per heavy atom. The predicted octanol–water partition coefficient (Wildman–Crippen LogP) is 2.15. The SMILES string of the molecule is CC(CO)CNCc1cc2ccccc2o1. The van der Waals surface area contributed by atoms with Crippen molar-refractivity contribution in [3.05, 3.63) is 36.1 Å². The first-order valence-electron chi connectivity index (χ1n) is 5.58. The van der Waals surface area contributed by atoms with Gasteiger partial charge in [-0.2, -0.15) is 0 Å². The van der Waals surface area contributed by atoms with Gasteiger partial charge >= 0.3 is 0 Å². The highest BCUT2D eigenvalue weighted by molar-refractivity contribution is 5.77. The summed E-state index contributed by atoms with van der Waals surface area (Å²) >= 11 is 0. The van der Waals surface area contributed by atoms with E-state index in [1.54, 1.807) is 0 Å². The Balaban J connectivity index is 1.94. The third kappa shape index (κ3) is 2.62. The van der Waals surface area contributed by atoms with E-state index in [0.717, 1.165) is 23.3 Å². The molecule has 3 heteroatoms. The molecular weight excluding hydrogens is 202 g/mol. The summed E-state index contributed by atoms with van der Waals surface area (Å²) in [6, 6.07) is 10.0. The molecular formula is C13H17NO2. The third-order valence-electron chi connectivity index (χ3n) is 2.58. The first-order chi connectivity index (χ1) is 7.79. The molecule has 16 heavy (non-hydrogen) atoms. The highest BCUT2D eigenvalue weighted by atomic mass is 16.3. The van der Waals surface area contributed by atoms with E-state index >= 15 is 0 Å². The maximum Gasteiger partial charge on any atom is 0.134 e. The van der Waals surface area contributed by atoms with Crippen LogP contribution < -0.4 is 5.32 Å². The van der Waals surface area contributed by atoms with Gasteiger partial charge in [-0.15, -0.1) is 0 Å². The molecule has 0 aliphatic rings. The van der Waals surface area contributed by atoms with Crippen LogP contribution >= 0.6 is 0 Å². The van der Waals surface area contributed by atoms with Crippen molar-refractivity contribution in [2.75, 3.05) is 13.2 Å². The minimum absolute atomic E-state index is 0.215. The van der Waals surface area contributed by atoms with E-state index in [1.807, 2.05) is 37.3 Å². The molecule has 0 amide bonds. The lowest BCUT2D eigenvalue weighted by molar-refractivity contribution is 0.233. The highest BCUT2D eigenvalue weighted by Gasteiger charge is 2.03. The summed E-state index contributed by atoms with van der Waals surface area (Å²) in [4.78, 5) is 0. The quantitative estimate of drug-likeness (QED) is 0.810. The minimum Gasteiger partial charge on any atom is -0.460 e. The van der Waals surface area contributed by atoms with Crippen LogP contribution in [0.1, 0.15) is 12.7 Å². The number of hydrogen-bond donors (Lipinski definition) is 2. The summed E-state index contributed by atoms with van der Waals surface area (Å²) in [6.07, 6.45) is 0. The largest absolute Gasteiger partial charge is 0.460 e. The number of nitrogens with one attached hydrogen (secondary N) is 1. The zero-order valence-electron chi connectivity index (χ0n) is 9.44. The second-order valence-corrected chi connectivity index (χ2v) is 4.17. The Bertz CT molecular complexity index is 417. The molecule has 0 aliphatic heterocycles. The first-order valence-corrected chi connectivity index (χ1v) is 5.58. The van der Waals surface area contributed by atoms with Crippen LogP contribution in [0.2, 0.25) is 0 Å². The lowest BCUT2D eigenvalue weighted by Gasteiger charge is -2.07. The smallest absolute Gasteiger partial charge is 0.134 e. The summed E-state index contributed by atoms with van der Waals surface area (Å²) in [5, 5.41) is 13.3. The van der Waals surface area contributed by atoms with Crippen molar-refractivity contribution >= 4 is 11.0 Å². The van der Waals surface area contributed by atoms with Gasteiger partial charge in [-0.05, 0) is 18.1 Å². The number of aliphatic hydroxyl groups is 1. The molecule has 0 radical (unpaired) electrons. The van der Waals surface area contributed by atoms with Crippen LogP contribution in [0.25, 0.3) is 11.0 Å². The molecule has 2 rings (SSSR count). The number of aliphatic hydroxyl groups excluding tert-OH is 1. The van der Waals surface area contributed by atoms with Crippen molar-refractivity contribution in [1.82, 2.24) is 5.32 Å². The minimum atomic E-state index is 0.215. The molecule has 1 heterocycles. The maximum absolute atomic E-state index is 8.88. The molecule has 0 bridgehead atoms. The summed E-state index contributed by atoms with van der Waals surface area (Å²) < 4.78 is 5.66. The fraction of sp³-hybridized carbons (Fsp3) is 0.385. The van der Waals surface area contributed by atoms with Gasteiger partial charge in [0, 0.05) is 18.5 Å². The third-order valence-corrected chi connectivity index (χ3v) is 2.58. The second kappa shape index (κ2) is 5.14. The van der Waals surface area contributed by atoms with Crippen LogP contribution in [0.5, 0.6) is 0 Å². The summed E-state index contributed by atoms with van der Waals surface area (Å²) in [7, 11) is 0. The van der Waals surface area contributed by atoms with Crippen molar-refractivity contribution in [3.63, 3.8) is 0 Å². The average molecular weight is 219 g/mol. The van der Waals surface area contributed by atoms with Gasteiger partial charge in [0.15, 0.2) is 0 Å². The summed E-state index contributed by atoms with van der Waals surface area (Å²) in [5.74, 6) is 1.22. The van der Waals surface area contributed by atoms with E-state index < -0.39 is 0 Å². The van der Waals surface area contributed by atoms with E-state index in [4.69, 9.17) is 9.52 Å². The van der Waals surface area contributed by atoms with Crippen molar-refractivity contribution in [2.45, 2.75) is 13.5 Å². The van der Waals surface area contributed by atoms with Gasteiger partial charge in [-0.25, -0.2) is 0 Å². The number of rotatable bonds is 5. The maximum atomic E-state index is 8.88. The Morgan fingerprint density at radius 3 is 2.94 bits per heavy atom. The molecule has 1 aromatic heterocycles. The van der Waals surface area contributed by atoms with Gasteiger partial charge in [0.2, 0.25) is 0 Å². The van der Waals surface area contributed by atoms with Crippen molar-refractivity contribution < 1.29 is 9.52 Å². The molecule has 1 unspecified atom stereocenters. The number of para-hydroxylation sites is 1. The van der Waals surface area contributed by atoms with E-state index in [2.05, 4.69) is 5.32 Å². The zero-order valence-corrected chi connectivity index (χ0v) is 9.44. The first kappa shape index (κ1) is 11.2. The molecule has 0 aliphatic carbocycles. The Hall–Kier alpha value is -1.32. The van der Waals surface area contributed by atoms with Crippen molar-refractivity contribution in [3.8, 4) is 0 Å². The number of furan rings is 1. The molecule has 0 fully saturated rings. The van der Waals surface area contributed by atoms with Gasteiger partial charge in [0.05, 0.1) is 6.54 Å². The normalized spacial score (nSPS) is 13.1. The van der Waals surface area contributed by atoms with E-state index in [0.29, 0.717) is 6.54 Å². The topological polar surface area (TPSA) is 45.4 Å². The molecule has 2 aromatic rings. The Labute approximate surface area is 95.1 Å². The number of benzene rings is 1. The molecule has 0 spiro atoms. The zero-order chi connectivity index (χ0) is 11.4. The fourth-order valence-electron chi connectivity index (χ4n) is 1.63. The lowest BCUT2D eigenvalue weighted by atomic mass is 10.2.